The van der Waals surface area contributed by atoms with Crippen molar-refractivity contribution < 1.29 is 14.9 Å². The first-order chi connectivity index (χ1) is 5.74. The Morgan fingerprint density at radius 2 is 1.17 bits per heavy atom. The summed E-state index contributed by atoms with van der Waals surface area (Å²) in [7, 11) is 1.68. The lowest BCUT2D eigenvalue weighted by Gasteiger charge is -1.76. The standard InChI is InChI=1S/C4H10.C3H8O.C2H6O2/c2*1-3-4-2;3-1-2-4/h3-4H2,1-2H3;3H2,1-2H3;3-4H,1-2H2. The van der Waals surface area contributed by atoms with Gasteiger partial charge in [0.15, 0.2) is 0 Å². The Morgan fingerprint density at radius 1 is 0.917 bits per heavy atom. The van der Waals surface area contributed by atoms with E-state index < -0.39 is 0 Å². The molecule has 3 heteroatoms. The highest BCUT2D eigenvalue weighted by Gasteiger charge is 1.58. The molecule has 0 heterocycles. The van der Waals surface area contributed by atoms with Crippen molar-refractivity contribution in [2.75, 3.05) is 26.9 Å². The molecule has 0 aliphatic rings. The molecule has 0 amide bonds. The van der Waals surface area contributed by atoms with Crippen LogP contribution in [0.1, 0.15) is 33.6 Å². The van der Waals surface area contributed by atoms with E-state index in [0.717, 1.165) is 6.61 Å². The average Bonchev–Trinajstić information content (AvgIpc) is 2.18. The predicted molar refractivity (Wildman–Crippen MR) is 52.3 cm³/mol. The monoisotopic (exact) mass is 180 g/mol. The normalized spacial score (nSPS) is 7.50. The molecule has 0 aromatic heterocycles. The molecular formula is C9H24O3. The SMILES string of the molecule is CCCC.CCOC.OCCO. The van der Waals surface area contributed by atoms with E-state index in [1.54, 1.807) is 7.11 Å². The molecule has 0 radical (unpaired) electrons. The van der Waals surface area contributed by atoms with Gasteiger partial charge in [-0.1, -0.05) is 26.7 Å². The summed E-state index contributed by atoms with van der Waals surface area (Å²) in [6, 6.07) is 0. The molecule has 0 aromatic carbocycles. The third-order valence-corrected chi connectivity index (χ3v) is 0.889. The van der Waals surface area contributed by atoms with Crippen molar-refractivity contribution in [2.45, 2.75) is 33.6 Å². The van der Waals surface area contributed by atoms with Gasteiger partial charge in [-0.25, -0.2) is 0 Å². The van der Waals surface area contributed by atoms with Gasteiger partial charge in [-0.05, 0) is 6.92 Å². The summed E-state index contributed by atoms with van der Waals surface area (Å²) >= 11 is 0. The van der Waals surface area contributed by atoms with Gasteiger partial charge in [0, 0.05) is 13.7 Å². The highest BCUT2D eigenvalue weighted by Crippen LogP contribution is 1.76. The summed E-state index contributed by atoms with van der Waals surface area (Å²) in [5, 5.41) is 15.2. The molecule has 0 bridgehead atoms. The molecule has 0 rings (SSSR count). The third-order valence-electron chi connectivity index (χ3n) is 0.889. The quantitative estimate of drug-likeness (QED) is 0.690. The highest BCUT2D eigenvalue weighted by atomic mass is 16.5. The summed E-state index contributed by atoms with van der Waals surface area (Å²) in [5.74, 6) is 0. The van der Waals surface area contributed by atoms with Gasteiger partial charge < -0.3 is 14.9 Å². The minimum Gasteiger partial charge on any atom is -0.394 e. The number of aliphatic hydroxyl groups is 2. The first-order valence-electron chi connectivity index (χ1n) is 4.45. The largest absolute Gasteiger partial charge is 0.394 e. The molecule has 0 aliphatic carbocycles. The van der Waals surface area contributed by atoms with Crippen molar-refractivity contribution in [3.05, 3.63) is 0 Å². The lowest BCUT2D eigenvalue weighted by molar-refractivity contribution is 0.186. The van der Waals surface area contributed by atoms with Crippen LogP contribution >= 0.6 is 0 Å². The molecule has 78 valence electrons. The molecule has 0 saturated heterocycles. The Hall–Kier alpha value is -0.120. The predicted octanol–water partition coefficient (Wildman–Crippen LogP) is 1.43. The van der Waals surface area contributed by atoms with Crippen molar-refractivity contribution in [3.8, 4) is 0 Å². The summed E-state index contributed by atoms with van der Waals surface area (Å²) in [4.78, 5) is 0. The van der Waals surface area contributed by atoms with E-state index in [2.05, 4.69) is 18.6 Å². The zero-order valence-corrected chi connectivity index (χ0v) is 8.84. The second-order valence-corrected chi connectivity index (χ2v) is 2.02. The third kappa shape index (κ3) is 93.9. The number of aliphatic hydroxyl groups excluding tert-OH is 2. The Balaban J connectivity index is -0.000000101. The zero-order chi connectivity index (χ0) is 10.2. The second kappa shape index (κ2) is 30.7. The Labute approximate surface area is 76.4 Å². The maximum absolute atomic E-state index is 7.62. The van der Waals surface area contributed by atoms with Crippen molar-refractivity contribution in [1.29, 1.82) is 0 Å². The van der Waals surface area contributed by atoms with E-state index in [0.29, 0.717) is 0 Å². The van der Waals surface area contributed by atoms with E-state index in [4.69, 9.17) is 10.2 Å². The molecule has 0 fully saturated rings. The summed E-state index contributed by atoms with van der Waals surface area (Å²) < 4.78 is 4.54. The molecule has 3 nitrogen and oxygen atoms in total. The van der Waals surface area contributed by atoms with Crippen molar-refractivity contribution >= 4 is 0 Å². The minimum absolute atomic E-state index is 0.125. The average molecular weight is 180 g/mol. The first-order valence-corrected chi connectivity index (χ1v) is 4.45. The minimum atomic E-state index is -0.125. The van der Waals surface area contributed by atoms with Crippen LogP contribution in [0.25, 0.3) is 0 Å². The molecule has 0 aliphatic heterocycles. The highest BCUT2D eigenvalue weighted by molar-refractivity contribution is 4.12. The van der Waals surface area contributed by atoms with Gasteiger partial charge in [0.05, 0.1) is 13.2 Å². The van der Waals surface area contributed by atoms with Crippen LogP contribution in [0.3, 0.4) is 0 Å². The molecule has 0 spiro atoms. The maximum atomic E-state index is 7.62. The van der Waals surface area contributed by atoms with Gasteiger partial charge in [0.2, 0.25) is 0 Å². The molecule has 0 atom stereocenters. The fourth-order valence-electron chi connectivity index (χ4n) is 0. The van der Waals surface area contributed by atoms with Crippen LogP contribution in [0.15, 0.2) is 0 Å². The second-order valence-electron chi connectivity index (χ2n) is 2.02. The fraction of sp³-hybridized carbons (Fsp3) is 1.00. The molecule has 2 N–H and O–H groups in total. The van der Waals surface area contributed by atoms with Crippen molar-refractivity contribution in [3.63, 3.8) is 0 Å². The van der Waals surface area contributed by atoms with Crippen LogP contribution in [0.4, 0.5) is 0 Å². The van der Waals surface area contributed by atoms with E-state index in [1.165, 1.54) is 12.8 Å². The van der Waals surface area contributed by atoms with Crippen LogP contribution in [0, 0.1) is 0 Å². The summed E-state index contributed by atoms with van der Waals surface area (Å²) in [6.45, 7) is 6.89. The van der Waals surface area contributed by atoms with Crippen LogP contribution in [0.5, 0.6) is 0 Å². The molecular weight excluding hydrogens is 156 g/mol. The Bertz CT molecular complexity index is 25.2. The van der Waals surface area contributed by atoms with E-state index in [-0.39, 0.29) is 13.2 Å². The molecule has 0 saturated carbocycles. The van der Waals surface area contributed by atoms with Gasteiger partial charge >= 0.3 is 0 Å². The van der Waals surface area contributed by atoms with Crippen molar-refractivity contribution in [2.24, 2.45) is 0 Å². The van der Waals surface area contributed by atoms with Gasteiger partial charge in [-0.3, -0.25) is 0 Å². The molecule has 0 unspecified atom stereocenters. The van der Waals surface area contributed by atoms with Gasteiger partial charge in [0.1, 0.15) is 0 Å². The van der Waals surface area contributed by atoms with Crippen LogP contribution in [-0.2, 0) is 4.74 Å². The summed E-state index contributed by atoms with van der Waals surface area (Å²) in [6.07, 6.45) is 2.64. The van der Waals surface area contributed by atoms with Crippen LogP contribution in [-0.4, -0.2) is 37.1 Å². The number of ether oxygens (including phenoxy) is 1. The molecule has 0 aromatic rings. The van der Waals surface area contributed by atoms with Crippen LogP contribution < -0.4 is 0 Å². The van der Waals surface area contributed by atoms with Gasteiger partial charge in [0.25, 0.3) is 0 Å². The first kappa shape index (κ1) is 17.8. The fourth-order valence-corrected chi connectivity index (χ4v) is 0. The Morgan fingerprint density at radius 3 is 1.17 bits per heavy atom. The van der Waals surface area contributed by atoms with Gasteiger partial charge in [-0.15, -0.1) is 0 Å². The summed E-state index contributed by atoms with van der Waals surface area (Å²) in [5.41, 5.74) is 0. The number of hydrogen-bond acceptors (Lipinski definition) is 3. The van der Waals surface area contributed by atoms with Crippen LogP contribution in [0.2, 0.25) is 0 Å². The van der Waals surface area contributed by atoms with E-state index >= 15 is 0 Å². The topological polar surface area (TPSA) is 49.7 Å². The lowest BCUT2D eigenvalue weighted by atomic mass is 10.4. The number of methoxy groups -OCH3 is 1. The zero-order valence-electron chi connectivity index (χ0n) is 8.84. The molecule has 12 heavy (non-hydrogen) atoms. The smallest absolute Gasteiger partial charge is 0.0662 e. The number of hydrogen-bond donors (Lipinski definition) is 2. The van der Waals surface area contributed by atoms with E-state index in [9.17, 15) is 0 Å². The number of unbranched alkanes of at least 4 members (excludes halogenated alkanes) is 1. The van der Waals surface area contributed by atoms with Gasteiger partial charge in [-0.2, -0.15) is 0 Å². The maximum Gasteiger partial charge on any atom is 0.0662 e. The van der Waals surface area contributed by atoms with E-state index in [1.807, 2.05) is 6.92 Å². The Kier molecular flexibility index (Phi) is 45.7. The van der Waals surface area contributed by atoms with Crippen molar-refractivity contribution in [1.82, 2.24) is 0 Å². The number of rotatable bonds is 3. The lowest BCUT2D eigenvalue weighted by Crippen LogP contribution is -1.85.